The van der Waals surface area contributed by atoms with Crippen LogP contribution in [0, 0.1) is 6.92 Å². The van der Waals surface area contributed by atoms with E-state index in [4.69, 9.17) is 16.3 Å². The maximum atomic E-state index is 12.4. The second kappa shape index (κ2) is 9.58. The van der Waals surface area contributed by atoms with Crippen molar-refractivity contribution in [3.63, 3.8) is 0 Å². The van der Waals surface area contributed by atoms with E-state index in [0.29, 0.717) is 29.4 Å². The number of likely N-dealkylation sites (N-methyl/N-ethyl adjacent to an activating group) is 1. The Kier molecular flexibility index (Phi) is 7.68. The molecule has 0 unspecified atom stereocenters. The predicted octanol–water partition coefficient (Wildman–Crippen LogP) is 1.22. The minimum atomic E-state index is -3.06. The van der Waals surface area contributed by atoms with Crippen molar-refractivity contribution in [3.05, 3.63) is 22.7 Å². The number of carbonyl (C=O) groups excluding carboxylic acids is 2. The maximum Gasteiger partial charge on any atom is 0.238 e. The minimum Gasteiger partial charge on any atom is -0.495 e. The lowest BCUT2D eigenvalue weighted by molar-refractivity contribution is -0.123. The Bertz CT molecular complexity index is 844. The van der Waals surface area contributed by atoms with Gasteiger partial charge in [0.25, 0.3) is 0 Å². The van der Waals surface area contributed by atoms with Crippen molar-refractivity contribution in [2.45, 2.75) is 26.3 Å². The smallest absolute Gasteiger partial charge is 0.238 e. The number of carbonyl (C=O) groups is 2. The predicted molar refractivity (Wildman–Crippen MR) is 109 cm³/mol. The van der Waals surface area contributed by atoms with Crippen LogP contribution in [0.25, 0.3) is 0 Å². The van der Waals surface area contributed by atoms with Crippen molar-refractivity contribution in [2.24, 2.45) is 0 Å². The highest BCUT2D eigenvalue weighted by atomic mass is 35.5. The molecule has 0 spiro atoms. The van der Waals surface area contributed by atoms with Crippen molar-refractivity contribution in [2.75, 3.05) is 43.6 Å². The Hall–Kier alpha value is -1.84. The summed E-state index contributed by atoms with van der Waals surface area (Å²) in [5, 5.41) is 6.04. The van der Waals surface area contributed by atoms with Gasteiger partial charge in [0, 0.05) is 17.1 Å². The van der Waals surface area contributed by atoms with E-state index in [0.717, 1.165) is 5.56 Å². The average molecular weight is 432 g/mol. The van der Waals surface area contributed by atoms with Crippen molar-refractivity contribution in [1.29, 1.82) is 0 Å². The van der Waals surface area contributed by atoms with Crippen LogP contribution in [0.1, 0.15) is 18.9 Å². The van der Waals surface area contributed by atoms with Crippen LogP contribution in [-0.4, -0.2) is 69.4 Å². The molecule has 1 aliphatic heterocycles. The first-order chi connectivity index (χ1) is 13.1. The zero-order chi connectivity index (χ0) is 20.9. The summed E-state index contributed by atoms with van der Waals surface area (Å²) in [7, 11) is -1.57. The number of anilines is 1. The standard InChI is InChI=1S/C18H26ClN3O5S/c1-4-22(9-17(23)20-13-5-6-28(25,26)11-13)10-18(24)21-15-7-12(2)14(19)8-16(15)27-3/h7-8,13H,4-6,9-11H2,1-3H3,(H,20,23)(H,21,24)/t13-/m1/s1. The fraction of sp³-hybridized carbons (Fsp3) is 0.556. The molecular formula is C18H26ClN3O5S. The molecule has 0 bridgehead atoms. The van der Waals surface area contributed by atoms with E-state index < -0.39 is 9.84 Å². The number of hydrogen-bond acceptors (Lipinski definition) is 6. The molecule has 0 aliphatic carbocycles. The number of halogens is 1. The van der Waals surface area contributed by atoms with Gasteiger partial charge in [-0.1, -0.05) is 18.5 Å². The molecule has 0 radical (unpaired) electrons. The van der Waals surface area contributed by atoms with E-state index in [2.05, 4.69) is 10.6 Å². The van der Waals surface area contributed by atoms with Crippen LogP contribution in [0.4, 0.5) is 5.69 Å². The number of ether oxygens (including phenoxy) is 1. The first-order valence-electron chi connectivity index (χ1n) is 8.99. The lowest BCUT2D eigenvalue weighted by Crippen LogP contribution is -2.44. The average Bonchev–Trinajstić information content (AvgIpc) is 2.95. The van der Waals surface area contributed by atoms with Crippen LogP contribution >= 0.6 is 11.6 Å². The summed E-state index contributed by atoms with van der Waals surface area (Å²) in [4.78, 5) is 26.3. The lowest BCUT2D eigenvalue weighted by Gasteiger charge is -2.21. The molecule has 10 heteroatoms. The van der Waals surface area contributed by atoms with Gasteiger partial charge >= 0.3 is 0 Å². The normalized spacial score (nSPS) is 18.1. The monoisotopic (exact) mass is 431 g/mol. The van der Waals surface area contributed by atoms with Gasteiger partial charge in [0.2, 0.25) is 11.8 Å². The summed E-state index contributed by atoms with van der Waals surface area (Å²) in [6, 6.07) is 3.00. The van der Waals surface area contributed by atoms with E-state index in [9.17, 15) is 18.0 Å². The molecule has 2 N–H and O–H groups in total. The number of aryl methyl sites for hydroxylation is 1. The molecule has 1 atom stereocenters. The Morgan fingerprint density at radius 2 is 1.96 bits per heavy atom. The number of sulfone groups is 1. The number of hydrogen-bond donors (Lipinski definition) is 2. The Morgan fingerprint density at radius 3 is 2.54 bits per heavy atom. The molecule has 1 aromatic rings. The summed E-state index contributed by atoms with van der Waals surface area (Å²) in [5.41, 5.74) is 1.31. The topological polar surface area (TPSA) is 105 Å². The minimum absolute atomic E-state index is 0.0112. The van der Waals surface area contributed by atoms with E-state index in [1.165, 1.54) is 7.11 Å². The van der Waals surface area contributed by atoms with Gasteiger partial charge in [-0.2, -0.15) is 0 Å². The van der Waals surface area contributed by atoms with Gasteiger partial charge in [-0.15, -0.1) is 0 Å². The van der Waals surface area contributed by atoms with Gasteiger partial charge in [-0.25, -0.2) is 8.42 Å². The van der Waals surface area contributed by atoms with Crippen molar-refractivity contribution in [3.8, 4) is 5.75 Å². The number of benzene rings is 1. The summed E-state index contributed by atoms with van der Waals surface area (Å²) in [6.07, 6.45) is 0.427. The van der Waals surface area contributed by atoms with E-state index in [1.54, 1.807) is 17.0 Å². The highest BCUT2D eigenvalue weighted by Gasteiger charge is 2.29. The van der Waals surface area contributed by atoms with Gasteiger partial charge < -0.3 is 15.4 Å². The molecular weight excluding hydrogens is 406 g/mol. The van der Waals surface area contributed by atoms with Crippen LogP contribution in [0.3, 0.4) is 0 Å². The van der Waals surface area contributed by atoms with Crippen molar-refractivity contribution in [1.82, 2.24) is 10.2 Å². The molecule has 28 heavy (non-hydrogen) atoms. The lowest BCUT2D eigenvalue weighted by atomic mass is 10.2. The van der Waals surface area contributed by atoms with E-state index in [-0.39, 0.29) is 42.5 Å². The molecule has 1 aliphatic rings. The molecule has 1 aromatic carbocycles. The van der Waals surface area contributed by atoms with Crippen LogP contribution in [0.15, 0.2) is 12.1 Å². The van der Waals surface area contributed by atoms with Gasteiger partial charge in [0.15, 0.2) is 9.84 Å². The number of rotatable bonds is 8. The van der Waals surface area contributed by atoms with Gasteiger partial charge in [0.1, 0.15) is 5.75 Å². The number of methoxy groups -OCH3 is 1. The number of nitrogens with one attached hydrogen (secondary N) is 2. The van der Waals surface area contributed by atoms with Crippen molar-refractivity contribution < 1.29 is 22.7 Å². The summed E-state index contributed by atoms with van der Waals surface area (Å²) < 4.78 is 28.2. The van der Waals surface area contributed by atoms with Crippen LogP contribution < -0.4 is 15.4 Å². The fourth-order valence-electron chi connectivity index (χ4n) is 2.99. The number of nitrogens with zero attached hydrogens (tertiary/aromatic N) is 1. The molecule has 0 saturated carbocycles. The molecule has 8 nitrogen and oxygen atoms in total. The Morgan fingerprint density at radius 1 is 1.29 bits per heavy atom. The first-order valence-corrected chi connectivity index (χ1v) is 11.2. The quantitative estimate of drug-likeness (QED) is 0.641. The van der Waals surface area contributed by atoms with Gasteiger partial charge in [-0.05, 0) is 31.5 Å². The molecule has 0 aromatic heterocycles. The third kappa shape index (κ3) is 6.35. The fourth-order valence-corrected chi connectivity index (χ4v) is 4.81. The highest BCUT2D eigenvalue weighted by Crippen LogP contribution is 2.30. The third-order valence-electron chi connectivity index (χ3n) is 4.53. The largest absolute Gasteiger partial charge is 0.495 e. The second-order valence-corrected chi connectivity index (χ2v) is 9.46. The molecule has 2 rings (SSSR count). The molecule has 1 fully saturated rings. The summed E-state index contributed by atoms with van der Waals surface area (Å²) >= 11 is 6.07. The molecule has 1 saturated heterocycles. The molecule has 156 valence electrons. The SMILES string of the molecule is CCN(CC(=O)Nc1cc(C)c(Cl)cc1OC)CC(=O)N[C@@H]1CCS(=O)(=O)C1. The third-order valence-corrected chi connectivity index (χ3v) is 6.71. The maximum absolute atomic E-state index is 12.4. The number of amides is 2. The van der Waals surface area contributed by atoms with E-state index in [1.807, 2.05) is 13.8 Å². The van der Waals surface area contributed by atoms with Crippen LogP contribution in [0.5, 0.6) is 5.75 Å². The Balaban J connectivity index is 1.91. The zero-order valence-electron chi connectivity index (χ0n) is 16.2. The van der Waals surface area contributed by atoms with Gasteiger partial charge in [0.05, 0.1) is 37.4 Å². The second-order valence-electron chi connectivity index (χ2n) is 6.82. The van der Waals surface area contributed by atoms with Crippen LogP contribution in [0.2, 0.25) is 5.02 Å². The Labute approximate surface area is 170 Å². The molecule has 1 heterocycles. The summed E-state index contributed by atoms with van der Waals surface area (Å²) in [6.45, 7) is 4.17. The van der Waals surface area contributed by atoms with Crippen LogP contribution in [-0.2, 0) is 19.4 Å². The van der Waals surface area contributed by atoms with Crippen molar-refractivity contribution >= 4 is 38.9 Å². The zero-order valence-corrected chi connectivity index (χ0v) is 17.8. The molecule has 2 amide bonds. The van der Waals surface area contributed by atoms with Gasteiger partial charge in [-0.3, -0.25) is 14.5 Å². The van der Waals surface area contributed by atoms with E-state index >= 15 is 0 Å². The highest BCUT2D eigenvalue weighted by molar-refractivity contribution is 7.91. The first kappa shape index (κ1) is 22.4. The summed E-state index contributed by atoms with van der Waals surface area (Å²) in [5.74, 6) is -0.0664.